The average molecular weight is 519 g/mol. The molecular weight excluding hydrogens is 492 g/mol. The first-order chi connectivity index (χ1) is 16.5. The first kappa shape index (κ1) is 23.7. The third-order valence-corrected chi connectivity index (χ3v) is 9.45. The first-order valence-corrected chi connectivity index (χ1v) is 13.2. The quantitative estimate of drug-likeness (QED) is 0.321. The van der Waals surface area contributed by atoms with E-state index in [9.17, 15) is 13.9 Å². The van der Waals surface area contributed by atoms with Crippen molar-refractivity contribution in [3.8, 4) is 0 Å². The van der Waals surface area contributed by atoms with E-state index in [0.29, 0.717) is 23.8 Å². The molecule has 0 aliphatic carbocycles. The number of anilines is 2. The molecule has 5 N–H and O–H groups in total. The highest BCUT2D eigenvalue weighted by atomic mass is 35.5. The number of hydrogen-bond donors (Lipinski definition) is 4. The smallest absolute Gasteiger partial charge is 0.259 e. The number of fused-ring (bicyclic) bond motifs is 2. The van der Waals surface area contributed by atoms with Gasteiger partial charge in [0.15, 0.2) is 11.5 Å². The van der Waals surface area contributed by atoms with Crippen molar-refractivity contribution in [2.45, 2.75) is 31.6 Å². The summed E-state index contributed by atoms with van der Waals surface area (Å²) < 4.78 is 23.6. The molecule has 1 aliphatic rings. The number of nitrogens with zero attached hydrogens (tertiary/aromatic N) is 6. The Balaban J connectivity index is 1.55. The summed E-state index contributed by atoms with van der Waals surface area (Å²) in [7, 11) is -2.75. The van der Waals surface area contributed by atoms with Crippen molar-refractivity contribution in [2.24, 2.45) is 0 Å². The van der Waals surface area contributed by atoms with Crippen molar-refractivity contribution < 1.29 is 13.9 Å². The molecule has 1 amide bonds. The SMILES string of the molecule is CC(NC(=O)c1c(N)nn2cccnc12)c1cc(Cl)c2ccnn2c1N1CCS(O)(O)C(C)(C)C1. The van der Waals surface area contributed by atoms with Crippen LogP contribution in [-0.2, 0) is 0 Å². The number of aromatic nitrogens is 5. The molecule has 0 radical (unpaired) electrons. The number of hydrogen-bond acceptors (Lipinski definition) is 8. The van der Waals surface area contributed by atoms with Gasteiger partial charge in [-0.05, 0) is 39.0 Å². The highest BCUT2D eigenvalue weighted by molar-refractivity contribution is 8.25. The lowest BCUT2D eigenvalue weighted by molar-refractivity contribution is 0.0942. The molecule has 0 aromatic carbocycles. The minimum absolute atomic E-state index is 0.0807. The number of nitrogens with one attached hydrogen (secondary N) is 1. The van der Waals surface area contributed by atoms with E-state index in [1.807, 2.05) is 32.9 Å². The van der Waals surface area contributed by atoms with Gasteiger partial charge >= 0.3 is 0 Å². The Morgan fingerprint density at radius 1 is 1.34 bits per heavy atom. The van der Waals surface area contributed by atoms with Crippen LogP contribution >= 0.6 is 22.2 Å². The Kier molecular flexibility index (Phi) is 5.59. The van der Waals surface area contributed by atoms with Crippen molar-refractivity contribution in [3.05, 3.63) is 52.9 Å². The highest BCUT2D eigenvalue weighted by Gasteiger charge is 2.41. The third-order valence-electron chi connectivity index (χ3n) is 6.49. The Morgan fingerprint density at radius 2 is 2.11 bits per heavy atom. The standard InChI is InChI=1S/C22H27ClN8O3S/c1-13(27-20(32)17-18(24)28-30-8-4-6-25-19(17)30)14-11-15(23)16-5-7-26-31(16)21(14)29-9-10-35(33,34)22(2,3)12-29/h4-8,11,13,33-34H,9-10,12H2,1-3H3,(H2,24,28)(H,27,32). The van der Waals surface area contributed by atoms with Crippen molar-refractivity contribution >= 4 is 50.9 Å². The van der Waals surface area contributed by atoms with Gasteiger partial charge in [0.25, 0.3) is 5.91 Å². The molecule has 0 bridgehead atoms. The zero-order valence-electron chi connectivity index (χ0n) is 19.5. The van der Waals surface area contributed by atoms with Crippen LogP contribution in [0.3, 0.4) is 0 Å². The zero-order valence-corrected chi connectivity index (χ0v) is 21.1. The maximum atomic E-state index is 13.3. The topological polar surface area (TPSA) is 146 Å². The molecule has 5 heterocycles. The number of nitrogen functional groups attached to an aromatic ring is 1. The number of pyridine rings is 1. The Hall–Kier alpha value is -3.06. The second kappa shape index (κ2) is 8.26. The van der Waals surface area contributed by atoms with Gasteiger partial charge in [-0.25, -0.2) is 14.0 Å². The van der Waals surface area contributed by atoms with E-state index < -0.39 is 27.3 Å². The fraction of sp³-hybridized carbons (Fsp3) is 0.364. The van der Waals surface area contributed by atoms with Gasteiger partial charge in [-0.3, -0.25) is 13.9 Å². The van der Waals surface area contributed by atoms with Gasteiger partial charge in [0.2, 0.25) is 0 Å². The van der Waals surface area contributed by atoms with E-state index in [0.717, 1.165) is 16.9 Å². The van der Waals surface area contributed by atoms with Crippen LogP contribution in [0.4, 0.5) is 11.6 Å². The number of amides is 1. The maximum Gasteiger partial charge on any atom is 0.259 e. The van der Waals surface area contributed by atoms with Crippen LogP contribution in [-0.4, -0.2) is 62.8 Å². The lowest BCUT2D eigenvalue weighted by atomic mass is 10.1. The van der Waals surface area contributed by atoms with Gasteiger partial charge in [0, 0.05) is 31.0 Å². The summed E-state index contributed by atoms with van der Waals surface area (Å²) in [6, 6.07) is 4.84. The summed E-state index contributed by atoms with van der Waals surface area (Å²) in [4.78, 5) is 19.6. The molecule has 186 valence electrons. The number of carbonyl (C=O) groups is 1. The van der Waals surface area contributed by atoms with E-state index >= 15 is 0 Å². The molecule has 13 heteroatoms. The number of halogens is 1. The van der Waals surface area contributed by atoms with E-state index in [2.05, 4.69) is 25.4 Å². The summed E-state index contributed by atoms with van der Waals surface area (Å²) in [5, 5.41) is 12.1. The van der Waals surface area contributed by atoms with Crippen LogP contribution in [0, 0.1) is 0 Å². The van der Waals surface area contributed by atoms with E-state index in [4.69, 9.17) is 17.3 Å². The van der Waals surface area contributed by atoms with Gasteiger partial charge in [-0.2, -0.15) is 15.7 Å². The number of carbonyl (C=O) groups excluding carboxylic acids is 1. The molecule has 0 spiro atoms. The highest BCUT2D eigenvalue weighted by Crippen LogP contribution is 2.55. The van der Waals surface area contributed by atoms with Crippen molar-refractivity contribution in [1.29, 1.82) is 0 Å². The molecule has 1 fully saturated rings. The summed E-state index contributed by atoms with van der Waals surface area (Å²) in [5.41, 5.74) is 8.04. The fourth-order valence-corrected chi connectivity index (χ4v) is 6.14. The van der Waals surface area contributed by atoms with Gasteiger partial charge in [-0.15, -0.1) is 5.10 Å². The van der Waals surface area contributed by atoms with E-state index in [-0.39, 0.29) is 17.1 Å². The number of rotatable bonds is 4. The van der Waals surface area contributed by atoms with Gasteiger partial charge in [-0.1, -0.05) is 11.6 Å². The average Bonchev–Trinajstić information content (AvgIpc) is 3.40. The zero-order chi connectivity index (χ0) is 25.1. The molecule has 4 aromatic rings. The van der Waals surface area contributed by atoms with Crippen molar-refractivity contribution in [2.75, 3.05) is 29.5 Å². The molecular formula is C22H27ClN8O3S. The molecule has 0 saturated carbocycles. The summed E-state index contributed by atoms with van der Waals surface area (Å²) in [5.74, 6) is 0.628. The Morgan fingerprint density at radius 3 is 2.86 bits per heavy atom. The van der Waals surface area contributed by atoms with Crippen LogP contribution in [0.15, 0.2) is 36.8 Å². The van der Waals surface area contributed by atoms with Crippen LogP contribution in [0.25, 0.3) is 11.2 Å². The molecule has 5 rings (SSSR count). The van der Waals surface area contributed by atoms with Gasteiger partial charge in [0.05, 0.1) is 33.3 Å². The molecule has 1 saturated heterocycles. The Bertz CT molecular complexity index is 1450. The second-order valence-electron chi connectivity index (χ2n) is 9.29. The number of nitrogens with two attached hydrogens (primary N) is 1. The van der Waals surface area contributed by atoms with Crippen LogP contribution in [0.2, 0.25) is 5.02 Å². The minimum atomic E-state index is -2.75. The van der Waals surface area contributed by atoms with Crippen molar-refractivity contribution in [3.63, 3.8) is 0 Å². The molecule has 1 aliphatic heterocycles. The third kappa shape index (κ3) is 3.86. The minimum Gasteiger partial charge on any atom is -0.381 e. The fourth-order valence-electron chi connectivity index (χ4n) is 4.49. The van der Waals surface area contributed by atoms with Gasteiger partial charge in [0.1, 0.15) is 11.4 Å². The largest absolute Gasteiger partial charge is 0.381 e. The van der Waals surface area contributed by atoms with E-state index in [1.165, 1.54) is 4.52 Å². The van der Waals surface area contributed by atoms with Crippen LogP contribution < -0.4 is 16.0 Å². The predicted octanol–water partition coefficient (Wildman–Crippen LogP) is 3.45. The van der Waals surface area contributed by atoms with E-state index in [1.54, 1.807) is 29.2 Å². The predicted molar refractivity (Wildman–Crippen MR) is 137 cm³/mol. The lowest BCUT2D eigenvalue weighted by Crippen LogP contribution is -2.51. The molecule has 4 aromatic heterocycles. The van der Waals surface area contributed by atoms with Crippen LogP contribution in [0.5, 0.6) is 0 Å². The summed E-state index contributed by atoms with van der Waals surface area (Å²) in [6.07, 6.45) is 4.90. The monoisotopic (exact) mass is 518 g/mol. The maximum absolute atomic E-state index is 13.3. The molecule has 35 heavy (non-hydrogen) atoms. The molecule has 1 atom stereocenters. The molecule has 11 nitrogen and oxygen atoms in total. The first-order valence-electron chi connectivity index (χ1n) is 11.1. The second-order valence-corrected chi connectivity index (χ2v) is 12.5. The lowest BCUT2D eigenvalue weighted by Gasteiger charge is -2.53. The Labute approximate surface area is 208 Å². The molecule has 1 unspecified atom stereocenters. The summed E-state index contributed by atoms with van der Waals surface area (Å²) in [6.45, 7) is 6.35. The van der Waals surface area contributed by atoms with Crippen molar-refractivity contribution in [1.82, 2.24) is 29.5 Å². The van der Waals surface area contributed by atoms with Crippen LogP contribution in [0.1, 0.15) is 42.7 Å². The van der Waals surface area contributed by atoms with Gasteiger partial charge < -0.3 is 16.0 Å². The normalized spacial score (nSPS) is 19.1. The summed E-state index contributed by atoms with van der Waals surface area (Å²) >= 11 is 6.59.